The van der Waals surface area contributed by atoms with Crippen molar-refractivity contribution >= 4 is 17.4 Å². The number of amides is 1. The first-order valence-electron chi connectivity index (χ1n) is 10.8. The summed E-state index contributed by atoms with van der Waals surface area (Å²) in [4.78, 5) is 29.9. The van der Waals surface area contributed by atoms with Crippen LogP contribution in [0.1, 0.15) is 29.2 Å². The molecule has 0 saturated carbocycles. The molecule has 0 spiro atoms. The fourth-order valence-corrected chi connectivity index (χ4v) is 4.25. The van der Waals surface area contributed by atoms with E-state index in [2.05, 4.69) is 4.90 Å². The van der Waals surface area contributed by atoms with Gasteiger partial charge in [-0.3, -0.25) is 14.5 Å². The van der Waals surface area contributed by atoms with Gasteiger partial charge in [0.05, 0.1) is 24.8 Å². The van der Waals surface area contributed by atoms with Gasteiger partial charge in [0, 0.05) is 31.7 Å². The molecule has 6 heteroatoms. The average molecular weight is 421 g/mol. The molecule has 0 radical (unpaired) electrons. The number of aliphatic hydroxyl groups is 1. The van der Waals surface area contributed by atoms with Gasteiger partial charge in [0.2, 0.25) is 0 Å². The zero-order valence-electron chi connectivity index (χ0n) is 17.8. The zero-order chi connectivity index (χ0) is 21.8. The highest BCUT2D eigenvalue weighted by Crippen LogP contribution is 2.39. The second kappa shape index (κ2) is 9.45. The molecule has 0 aliphatic carbocycles. The number of hydrogen-bond acceptors (Lipinski definition) is 5. The number of Topliss-reactive ketones (excluding diaryl/α,β-unsaturated/α-hetero) is 1. The van der Waals surface area contributed by atoms with Crippen molar-refractivity contribution in [1.82, 2.24) is 9.80 Å². The van der Waals surface area contributed by atoms with Crippen LogP contribution in [0.3, 0.4) is 0 Å². The van der Waals surface area contributed by atoms with E-state index in [1.165, 1.54) is 0 Å². The molecule has 2 heterocycles. The third-order valence-electron chi connectivity index (χ3n) is 5.96. The summed E-state index contributed by atoms with van der Waals surface area (Å²) in [6.07, 6.45) is 0.751. The van der Waals surface area contributed by atoms with Gasteiger partial charge in [-0.05, 0) is 18.9 Å². The number of rotatable bonds is 6. The van der Waals surface area contributed by atoms with Crippen LogP contribution in [0.5, 0.6) is 0 Å². The van der Waals surface area contributed by atoms with Gasteiger partial charge in [0.25, 0.3) is 11.7 Å². The molecule has 4 rings (SSSR count). The number of carbonyl (C=O) groups is 2. The minimum atomic E-state index is -0.627. The molecule has 1 amide bonds. The van der Waals surface area contributed by atoms with E-state index in [-0.39, 0.29) is 11.3 Å². The Bertz CT molecular complexity index is 963. The van der Waals surface area contributed by atoms with Crippen LogP contribution in [-0.2, 0) is 14.3 Å². The van der Waals surface area contributed by atoms with Crippen molar-refractivity contribution in [3.63, 3.8) is 0 Å². The Balaban J connectivity index is 1.64. The Hall–Kier alpha value is -2.96. The van der Waals surface area contributed by atoms with Gasteiger partial charge in [-0.2, -0.15) is 0 Å². The maximum Gasteiger partial charge on any atom is 0.295 e. The monoisotopic (exact) mass is 420 g/mol. The van der Waals surface area contributed by atoms with E-state index >= 15 is 0 Å². The van der Waals surface area contributed by atoms with E-state index in [9.17, 15) is 14.7 Å². The number of morpholine rings is 1. The third kappa shape index (κ3) is 4.55. The predicted molar refractivity (Wildman–Crippen MR) is 119 cm³/mol. The maximum absolute atomic E-state index is 13.0. The minimum absolute atomic E-state index is 0.122. The number of hydrogen-bond donors (Lipinski definition) is 1. The van der Waals surface area contributed by atoms with Crippen molar-refractivity contribution < 1.29 is 19.4 Å². The van der Waals surface area contributed by atoms with Crippen molar-refractivity contribution in [2.75, 3.05) is 39.4 Å². The Labute approximate surface area is 182 Å². The molecule has 2 aliphatic rings. The number of ketones is 1. The lowest BCUT2D eigenvalue weighted by atomic mass is 9.95. The number of aryl methyl sites for hydroxylation is 1. The minimum Gasteiger partial charge on any atom is -0.507 e. The first-order valence-corrected chi connectivity index (χ1v) is 10.8. The molecule has 1 atom stereocenters. The quantitative estimate of drug-likeness (QED) is 0.442. The van der Waals surface area contributed by atoms with Crippen LogP contribution in [0, 0.1) is 6.92 Å². The number of likely N-dealkylation sites (tertiary alicyclic amines) is 1. The smallest absolute Gasteiger partial charge is 0.295 e. The molecule has 2 aromatic rings. The van der Waals surface area contributed by atoms with E-state index in [1.807, 2.05) is 49.4 Å². The summed E-state index contributed by atoms with van der Waals surface area (Å²) < 4.78 is 5.39. The normalized spacial score (nSPS) is 21.6. The van der Waals surface area contributed by atoms with Crippen LogP contribution in [0.4, 0.5) is 0 Å². The van der Waals surface area contributed by atoms with Crippen LogP contribution >= 0.6 is 0 Å². The molecule has 1 N–H and O–H groups in total. The molecule has 2 saturated heterocycles. The van der Waals surface area contributed by atoms with E-state index < -0.39 is 17.7 Å². The summed E-state index contributed by atoms with van der Waals surface area (Å²) >= 11 is 0. The summed E-state index contributed by atoms with van der Waals surface area (Å²) in [5.74, 6) is -1.30. The summed E-state index contributed by atoms with van der Waals surface area (Å²) in [5, 5.41) is 11.0. The van der Waals surface area contributed by atoms with Crippen LogP contribution in [0.2, 0.25) is 0 Å². The molecule has 2 aliphatic heterocycles. The molecule has 0 bridgehead atoms. The number of aliphatic hydroxyl groups excluding tert-OH is 1. The Morgan fingerprint density at radius 1 is 1.00 bits per heavy atom. The fraction of sp³-hybridized carbons (Fsp3) is 0.360. The molecule has 31 heavy (non-hydrogen) atoms. The summed E-state index contributed by atoms with van der Waals surface area (Å²) in [6, 6.07) is 16.2. The van der Waals surface area contributed by atoms with Crippen LogP contribution in [-0.4, -0.2) is 66.0 Å². The number of benzene rings is 2. The first kappa shape index (κ1) is 21.3. The zero-order valence-corrected chi connectivity index (χ0v) is 17.8. The molecule has 162 valence electrons. The van der Waals surface area contributed by atoms with Crippen molar-refractivity contribution in [1.29, 1.82) is 0 Å². The van der Waals surface area contributed by atoms with Crippen molar-refractivity contribution in [3.8, 4) is 0 Å². The maximum atomic E-state index is 13.0. The highest BCUT2D eigenvalue weighted by molar-refractivity contribution is 6.46. The second-order valence-electron chi connectivity index (χ2n) is 8.08. The fourth-order valence-electron chi connectivity index (χ4n) is 4.25. The Kier molecular flexibility index (Phi) is 6.49. The lowest BCUT2D eigenvalue weighted by molar-refractivity contribution is -0.140. The van der Waals surface area contributed by atoms with Crippen LogP contribution < -0.4 is 0 Å². The van der Waals surface area contributed by atoms with Gasteiger partial charge in [0.1, 0.15) is 5.76 Å². The number of carbonyl (C=O) groups excluding carboxylic acids is 2. The van der Waals surface area contributed by atoms with Gasteiger partial charge in [-0.25, -0.2) is 0 Å². The lowest BCUT2D eigenvalue weighted by Gasteiger charge is -2.29. The lowest BCUT2D eigenvalue weighted by Crippen LogP contribution is -2.38. The predicted octanol–water partition coefficient (Wildman–Crippen LogP) is 3.14. The number of ether oxygens (including phenoxy) is 1. The van der Waals surface area contributed by atoms with Gasteiger partial charge in [-0.15, -0.1) is 0 Å². The molecular weight excluding hydrogens is 392 g/mol. The molecular formula is C25H28N2O4. The molecule has 2 aromatic carbocycles. The Morgan fingerprint density at radius 2 is 1.68 bits per heavy atom. The van der Waals surface area contributed by atoms with E-state index in [0.717, 1.165) is 50.4 Å². The van der Waals surface area contributed by atoms with Crippen LogP contribution in [0.25, 0.3) is 5.76 Å². The van der Waals surface area contributed by atoms with E-state index in [1.54, 1.807) is 17.0 Å². The van der Waals surface area contributed by atoms with Gasteiger partial charge in [0.15, 0.2) is 0 Å². The van der Waals surface area contributed by atoms with Gasteiger partial charge >= 0.3 is 0 Å². The Morgan fingerprint density at radius 3 is 2.35 bits per heavy atom. The summed E-state index contributed by atoms with van der Waals surface area (Å²) in [5.41, 5.74) is 2.57. The summed E-state index contributed by atoms with van der Waals surface area (Å²) in [6.45, 7) is 6.47. The second-order valence-corrected chi connectivity index (χ2v) is 8.08. The van der Waals surface area contributed by atoms with Gasteiger partial charge < -0.3 is 14.7 Å². The largest absolute Gasteiger partial charge is 0.507 e. The first-order chi connectivity index (χ1) is 15.1. The SMILES string of the molecule is Cc1ccc(/C(O)=C2\C(=O)C(=O)N(CCCN3CCOCC3)[C@H]2c2ccccc2)cc1. The number of nitrogens with zero attached hydrogens (tertiary/aromatic N) is 2. The standard InChI is InChI=1S/C25H28N2O4/c1-18-8-10-20(11-9-18)23(28)21-22(19-6-3-2-4-7-19)27(25(30)24(21)29)13-5-12-26-14-16-31-17-15-26/h2-4,6-11,22,28H,5,12-17H2,1H3/b23-21+/t22-/m0/s1. The van der Waals surface area contributed by atoms with E-state index in [4.69, 9.17) is 4.74 Å². The van der Waals surface area contributed by atoms with Crippen molar-refractivity contribution in [2.45, 2.75) is 19.4 Å². The highest BCUT2D eigenvalue weighted by atomic mass is 16.5. The molecule has 6 nitrogen and oxygen atoms in total. The molecule has 2 fully saturated rings. The topological polar surface area (TPSA) is 70.1 Å². The van der Waals surface area contributed by atoms with E-state index in [0.29, 0.717) is 12.1 Å². The molecule has 0 unspecified atom stereocenters. The van der Waals surface area contributed by atoms with Crippen molar-refractivity contribution in [2.24, 2.45) is 0 Å². The highest BCUT2D eigenvalue weighted by Gasteiger charge is 2.45. The third-order valence-corrected chi connectivity index (χ3v) is 5.96. The van der Waals surface area contributed by atoms with Crippen molar-refractivity contribution in [3.05, 3.63) is 76.9 Å². The molecule has 0 aromatic heterocycles. The average Bonchev–Trinajstić information content (AvgIpc) is 3.05. The van der Waals surface area contributed by atoms with Gasteiger partial charge in [-0.1, -0.05) is 60.2 Å². The summed E-state index contributed by atoms with van der Waals surface area (Å²) in [7, 11) is 0. The van der Waals surface area contributed by atoms with Crippen LogP contribution in [0.15, 0.2) is 60.2 Å².